The number of aryl methyl sites for hydroxylation is 2. The molecule has 0 radical (unpaired) electrons. The van der Waals surface area contributed by atoms with Crippen molar-refractivity contribution in [3.63, 3.8) is 0 Å². The van der Waals surface area contributed by atoms with Crippen molar-refractivity contribution in [2.75, 3.05) is 12.3 Å². The van der Waals surface area contributed by atoms with Crippen LogP contribution < -0.4 is 10.6 Å². The Hall–Kier alpha value is -3.00. The molecule has 0 saturated carbocycles. The highest BCUT2D eigenvalue weighted by Gasteiger charge is 2.35. The zero-order chi connectivity index (χ0) is 28.3. The van der Waals surface area contributed by atoms with Crippen LogP contribution in [0.5, 0.6) is 0 Å². The molecule has 0 aliphatic carbocycles. The summed E-state index contributed by atoms with van der Waals surface area (Å²) in [6.07, 6.45) is 1.89. The minimum atomic E-state index is -0.953. The van der Waals surface area contributed by atoms with Gasteiger partial charge >= 0.3 is 6.09 Å². The Balaban J connectivity index is 2.44. The number of hydrogen-bond donors (Lipinski definition) is 3. The van der Waals surface area contributed by atoms with Gasteiger partial charge in [0.2, 0.25) is 11.8 Å². The average Bonchev–Trinajstić information content (AvgIpc) is 2.86. The van der Waals surface area contributed by atoms with Gasteiger partial charge in [-0.3, -0.25) is 9.59 Å². The Morgan fingerprint density at radius 1 is 1.00 bits per heavy atom. The highest BCUT2D eigenvalue weighted by atomic mass is 32.1. The van der Waals surface area contributed by atoms with Crippen molar-refractivity contribution in [1.29, 1.82) is 0 Å². The number of nitrogens with one attached hydrogen (secondary N) is 2. The Bertz CT molecular complexity index is 1070. The molecule has 0 saturated heterocycles. The lowest BCUT2D eigenvalue weighted by atomic mass is 9.98. The second-order valence-corrected chi connectivity index (χ2v) is 10.9. The van der Waals surface area contributed by atoms with Gasteiger partial charge in [0.1, 0.15) is 17.7 Å². The SMILES string of the molecule is CCCCCN(C(=O)C(CS)NC(=O)OC(C)(C)C)C(C(=O)NCc1ccccc1)c1ccc(C)c(C)c1. The van der Waals surface area contributed by atoms with E-state index in [1.807, 2.05) is 62.4 Å². The van der Waals surface area contributed by atoms with Gasteiger partial charge in [0.25, 0.3) is 0 Å². The predicted molar refractivity (Wildman–Crippen MR) is 155 cm³/mol. The lowest BCUT2D eigenvalue weighted by molar-refractivity contribution is -0.142. The number of amides is 3. The van der Waals surface area contributed by atoms with Gasteiger partial charge < -0.3 is 20.3 Å². The molecule has 0 aliphatic heterocycles. The zero-order valence-corrected chi connectivity index (χ0v) is 24.4. The van der Waals surface area contributed by atoms with Gasteiger partial charge in [-0.25, -0.2) is 4.79 Å². The molecule has 2 unspecified atom stereocenters. The summed E-state index contributed by atoms with van der Waals surface area (Å²) in [6.45, 7) is 12.1. The number of thiol groups is 1. The molecule has 2 atom stereocenters. The van der Waals surface area contributed by atoms with Crippen LogP contribution in [-0.4, -0.2) is 46.7 Å². The van der Waals surface area contributed by atoms with Crippen molar-refractivity contribution in [3.8, 4) is 0 Å². The number of carbonyl (C=O) groups excluding carboxylic acids is 3. The summed E-state index contributed by atoms with van der Waals surface area (Å²) in [5, 5.41) is 5.68. The molecule has 38 heavy (non-hydrogen) atoms. The summed E-state index contributed by atoms with van der Waals surface area (Å²) in [5.41, 5.74) is 3.10. The maximum Gasteiger partial charge on any atom is 0.408 e. The molecular weight excluding hydrogens is 498 g/mol. The molecule has 2 aromatic carbocycles. The van der Waals surface area contributed by atoms with E-state index in [9.17, 15) is 14.4 Å². The molecule has 0 spiro atoms. The third-order valence-corrected chi connectivity index (χ3v) is 6.54. The highest BCUT2D eigenvalue weighted by Crippen LogP contribution is 2.26. The molecular formula is C30H43N3O4S. The monoisotopic (exact) mass is 541 g/mol. The lowest BCUT2D eigenvalue weighted by Crippen LogP contribution is -2.54. The van der Waals surface area contributed by atoms with Gasteiger partial charge in [0.05, 0.1) is 0 Å². The second kappa shape index (κ2) is 14.8. The molecule has 0 aliphatic rings. The van der Waals surface area contributed by atoms with E-state index in [4.69, 9.17) is 4.74 Å². The van der Waals surface area contributed by atoms with Crippen molar-refractivity contribution in [1.82, 2.24) is 15.5 Å². The van der Waals surface area contributed by atoms with Crippen LogP contribution in [0.15, 0.2) is 48.5 Å². The van der Waals surface area contributed by atoms with Crippen LogP contribution in [0.4, 0.5) is 4.79 Å². The van der Waals surface area contributed by atoms with Crippen molar-refractivity contribution in [2.45, 2.75) is 85.0 Å². The molecule has 0 heterocycles. The summed E-state index contributed by atoms with van der Waals surface area (Å²) in [7, 11) is 0. The second-order valence-electron chi connectivity index (χ2n) is 10.6. The van der Waals surface area contributed by atoms with Gasteiger partial charge in [-0.1, -0.05) is 68.3 Å². The number of rotatable bonds is 12. The van der Waals surface area contributed by atoms with Crippen molar-refractivity contribution < 1.29 is 19.1 Å². The van der Waals surface area contributed by atoms with E-state index in [-0.39, 0.29) is 17.6 Å². The summed E-state index contributed by atoms with van der Waals surface area (Å²) < 4.78 is 5.37. The average molecular weight is 542 g/mol. The first kappa shape index (κ1) is 31.2. The predicted octanol–water partition coefficient (Wildman–Crippen LogP) is 5.50. The van der Waals surface area contributed by atoms with E-state index >= 15 is 0 Å². The minimum Gasteiger partial charge on any atom is -0.444 e. The van der Waals surface area contributed by atoms with Crippen LogP contribution in [0.2, 0.25) is 0 Å². The smallest absolute Gasteiger partial charge is 0.408 e. The minimum absolute atomic E-state index is 0.0631. The third-order valence-electron chi connectivity index (χ3n) is 6.17. The van der Waals surface area contributed by atoms with Crippen molar-refractivity contribution in [3.05, 3.63) is 70.8 Å². The molecule has 8 heteroatoms. The normalized spacial score (nSPS) is 12.8. The molecule has 0 fully saturated rings. The fourth-order valence-electron chi connectivity index (χ4n) is 4.02. The topological polar surface area (TPSA) is 87.7 Å². The summed E-state index contributed by atoms with van der Waals surface area (Å²) >= 11 is 4.35. The first-order valence-electron chi connectivity index (χ1n) is 13.3. The Morgan fingerprint density at radius 3 is 2.26 bits per heavy atom. The molecule has 0 bridgehead atoms. The molecule has 2 aromatic rings. The maximum absolute atomic E-state index is 13.9. The number of unbranched alkanes of at least 4 members (excludes halogenated alkanes) is 2. The Morgan fingerprint density at radius 2 is 1.68 bits per heavy atom. The lowest BCUT2D eigenvalue weighted by Gasteiger charge is -2.34. The van der Waals surface area contributed by atoms with E-state index < -0.39 is 23.8 Å². The van der Waals surface area contributed by atoms with Crippen LogP contribution >= 0.6 is 12.6 Å². The van der Waals surface area contributed by atoms with Crippen LogP contribution in [-0.2, 0) is 20.9 Å². The van der Waals surface area contributed by atoms with Gasteiger partial charge in [-0.2, -0.15) is 12.6 Å². The van der Waals surface area contributed by atoms with Crippen molar-refractivity contribution in [2.24, 2.45) is 0 Å². The number of ether oxygens (including phenoxy) is 1. The molecule has 2 rings (SSSR count). The van der Waals surface area contributed by atoms with Crippen LogP contribution in [0, 0.1) is 13.8 Å². The number of nitrogens with zero attached hydrogens (tertiary/aromatic N) is 1. The third kappa shape index (κ3) is 9.71. The molecule has 208 valence electrons. The summed E-state index contributed by atoms with van der Waals surface area (Å²) in [5.74, 6) is -0.592. The van der Waals surface area contributed by atoms with E-state index in [0.29, 0.717) is 13.1 Å². The number of carbonyl (C=O) groups is 3. The molecule has 2 N–H and O–H groups in total. The van der Waals surface area contributed by atoms with Gasteiger partial charge in [-0.05, 0) is 63.3 Å². The fourth-order valence-corrected chi connectivity index (χ4v) is 4.27. The summed E-state index contributed by atoms with van der Waals surface area (Å²) in [6, 6.07) is 13.6. The van der Waals surface area contributed by atoms with Gasteiger partial charge in [-0.15, -0.1) is 0 Å². The largest absolute Gasteiger partial charge is 0.444 e. The van der Waals surface area contributed by atoms with E-state index in [0.717, 1.165) is 41.5 Å². The Labute approximate surface area is 233 Å². The van der Waals surface area contributed by atoms with E-state index in [1.165, 1.54) is 0 Å². The zero-order valence-electron chi connectivity index (χ0n) is 23.5. The van der Waals surface area contributed by atoms with Crippen LogP contribution in [0.1, 0.15) is 75.3 Å². The van der Waals surface area contributed by atoms with E-state index in [2.05, 4.69) is 30.2 Å². The van der Waals surface area contributed by atoms with Crippen LogP contribution in [0.3, 0.4) is 0 Å². The van der Waals surface area contributed by atoms with E-state index in [1.54, 1.807) is 25.7 Å². The first-order chi connectivity index (χ1) is 18.0. The standard InChI is InChI=1S/C30H43N3O4S/c1-7-8-12-17-33(28(35)25(20-38)32-29(36)37-30(4,5)6)26(24-16-15-21(2)22(3)18-24)27(34)31-19-23-13-10-9-11-14-23/h9-11,13-16,18,25-26,38H,7-8,12,17,19-20H2,1-6H3,(H,31,34)(H,32,36). The van der Waals surface area contributed by atoms with Gasteiger partial charge in [0.15, 0.2) is 0 Å². The highest BCUT2D eigenvalue weighted by molar-refractivity contribution is 7.80. The first-order valence-corrected chi connectivity index (χ1v) is 13.9. The molecule has 3 amide bonds. The Kier molecular flexibility index (Phi) is 12.2. The fraction of sp³-hybridized carbons (Fsp3) is 0.500. The number of alkyl carbamates (subject to hydrolysis) is 1. The number of benzene rings is 2. The molecule has 0 aromatic heterocycles. The summed E-state index contributed by atoms with van der Waals surface area (Å²) in [4.78, 5) is 41.8. The maximum atomic E-state index is 13.9. The van der Waals surface area contributed by atoms with Crippen LogP contribution in [0.25, 0.3) is 0 Å². The molecule has 7 nitrogen and oxygen atoms in total. The van der Waals surface area contributed by atoms with Gasteiger partial charge in [0, 0.05) is 18.8 Å². The van der Waals surface area contributed by atoms with Crippen molar-refractivity contribution >= 4 is 30.5 Å². The quantitative estimate of drug-likeness (QED) is 0.245. The number of hydrogen-bond acceptors (Lipinski definition) is 5.